The first-order chi connectivity index (χ1) is 20.0. The van der Waals surface area contributed by atoms with Crippen molar-refractivity contribution < 1.29 is 28.9 Å². The van der Waals surface area contributed by atoms with Gasteiger partial charge in [-0.05, 0) is 66.9 Å². The number of Topliss-reactive ketones (excluding diaryl/α,β-unsaturated/α-hetero) is 1. The van der Waals surface area contributed by atoms with Crippen molar-refractivity contribution in [3.8, 4) is 17.2 Å². The third kappa shape index (κ3) is 6.45. The Morgan fingerprint density at radius 3 is 2.44 bits per heavy atom. The number of benzene rings is 3. The number of aliphatic hydroxyl groups is 1. The van der Waals surface area contributed by atoms with Crippen molar-refractivity contribution in [1.82, 2.24) is 9.80 Å². The molecule has 0 aliphatic carbocycles. The smallest absolute Gasteiger partial charge is 0.295 e. The Kier molecular flexibility index (Phi) is 9.01. The number of hydrogen-bond donors (Lipinski definition) is 1. The van der Waals surface area contributed by atoms with Gasteiger partial charge in [0.1, 0.15) is 23.0 Å². The quantitative estimate of drug-likeness (QED) is 0.205. The molecular weight excluding hydrogens is 520 g/mol. The van der Waals surface area contributed by atoms with Crippen LogP contribution in [0.2, 0.25) is 0 Å². The number of aryl methyl sites for hydroxylation is 1. The zero-order valence-corrected chi connectivity index (χ0v) is 23.5. The Labute approximate surface area is 240 Å². The Balaban J connectivity index is 1.53. The van der Waals surface area contributed by atoms with Gasteiger partial charge in [-0.25, -0.2) is 0 Å². The van der Waals surface area contributed by atoms with Crippen molar-refractivity contribution in [3.63, 3.8) is 0 Å². The van der Waals surface area contributed by atoms with E-state index >= 15 is 0 Å². The molecule has 41 heavy (non-hydrogen) atoms. The van der Waals surface area contributed by atoms with Gasteiger partial charge in [0.05, 0.1) is 31.4 Å². The lowest BCUT2D eigenvalue weighted by Crippen LogP contribution is -2.42. The Bertz CT molecular complexity index is 1410. The molecule has 2 saturated heterocycles. The monoisotopic (exact) mass is 556 g/mol. The van der Waals surface area contributed by atoms with Crippen LogP contribution in [0, 0.1) is 6.92 Å². The van der Waals surface area contributed by atoms with Crippen LogP contribution in [0.25, 0.3) is 5.76 Å². The average Bonchev–Trinajstić information content (AvgIpc) is 3.25. The van der Waals surface area contributed by atoms with Crippen molar-refractivity contribution in [2.75, 3.05) is 46.0 Å². The van der Waals surface area contributed by atoms with Crippen LogP contribution < -0.4 is 9.47 Å². The molecule has 1 atom stereocenters. The molecule has 214 valence electrons. The van der Waals surface area contributed by atoms with E-state index in [1.54, 1.807) is 23.1 Å². The van der Waals surface area contributed by atoms with E-state index in [-0.39, 0.29) is 11.3 Å². The fraction of sp³-hybridized carbons (Fsp3) is 0.333. The molecule has 5 rings (SSSR count). The van der Waals surface area contributed by atoms with Gasteiger partial charge in [0.15, 0.2) is 0 Å². The normalized spacial score (nSPS) is 19.0. The lowest BCUT2D eigenvalue weighted by molar-refractivity contribution is -0.140. The summed E-state index contributed by atoms with van der Waals surface area (Å²) in [6.07, 6.45) is 0.877. The minimum atomic E-state index is -0.772. The summed E-state index contributed by atoms with van der Waals surface area (Å²) in [6.45, 7) is 8.24. The number of likely N-dealkylation sites (tertiary alicyclic amines) is 1. The summed E-state index contributed by atoms with van der Waals surface area (Å²) in [6, 6.07) is 21.3. The lowest BCUT2D eigenvalue weighted by atomic mass is 9.94. The van der Waals surface area contributed by atoms with Crippen LogP contribution in [-0.4, -0.2) is 72.6 Å². The van der Waals surface area contributed by atoms with Crippen LogP contribution >= 0.6 is 0 Å². The Morgan fingerprint density at radius 2 is 1.71 bits per heavy atom. The van der Waals surface area contributed by atoms with Crippen molar-refractivity contribution in [3.05, 3.63) is 95.1 Å². The van der Waals surface area contributed by atoms with E-state index in [0.717, 1.165) is 30.8 Å². The van der Waals surface area contributed by atoms with Gasteiger partial charge in [-0.15, -0.1) is 0 Å². The molecule has 1 amide bonds. The van der Waals surface area contributed by atoms with Gasteiger partial charge in [-0.2, -0.15) is 0 Å². The first-order valence-electron chi connectivity index (χ1n) is 14.1. The van der Waals surface area contributed by atoms with Gasteiger partial charge in [0, 0.05) is 31.7 Å². The second-order valence-corrected chi connectivity index (χ2v) is 10.3. The van der Waals surface area contributed by atoms with Gasteiger partial charge in [-0.1, -0.05) is 37.3 Å². The molecular formula is C33H36N2O6. The fourth-order valence-corrected chi connectivity index (χ4v) is 5.23. The summed E-state index contributed by atoms with van der Waals surface area (Å²) in [4.78, 5) is 30.8. The highest BCUT2D eigenvalue weighted by Gasteiger charge is 2.46. The summed E-state index contributed by atoms with van der Waals surface area (Å²) < 4.78 is 17.3. The van der Waals surface area contributed by atoms with E-state index in [0.29, 0.717) is 55.5 Å². The van der Waals surface area contributed by atoms with Crippen LogP contribution in [0.5, 0.6) is 17.2 Å². The van der Waals surface area contributed by atoms with Gasteiger partial charge >= 0.3 is 0 Å². The number of nitrogens with zero attached hydrogens (tertiary/aromatic N) is 2. The zero-order chi connectivity index (χ0) is 28.8. The van der Waals surface area contributed by atoms with E-state index in [1.165, 1.54) is 0 Å². The summed E-state index contributed by atoms with van der Waals surface area (Å²) in [5, 5.41) is 11.6. The second kappa shape index (κ2) is 13.0. The highest BCUT2D eigenvalue weighted by molar-refractivity contribution is 6.46. The minimum Gasteiger partial charge on any atom is -0.507 e. The van der Waals surface area contributed by atoms with Crippen LogP contribution in [0.1, 0.15) is 36.1 Å². The van der Waals surface area contributed by atoms with Gasteiger partial charge in [-0.3, -0.25) is 14.5 Å². The van der Waals surface area contributed by atoms with E-state index in [4.69, 9.17) is 14.2 Å². The molecule has 0 spiro atoms. The molecule has 0 unspecified atom stereocenters. The number of rotatable bonds is 10. The third-order valence-electron chi connectivity index (χ3n) is 7.36. The first-order valence-corrected chi connectivity index (χ1v) is 14.1. The van der Waals surface area contributed by atoms with Crippen LogP contribution in [0.3, 0.4) is 0 Å². The molecule has 0 aromatic heterocycles. The highest BCUT2D eigenvalue weighted by Crippen LogP contribution is 2.41. The number of carbonyl (C=O) groups is 2. The molecule has 2 fully saturated rings. The average molecular weight is 557 g/mol. The summed E-state index contributed by atoms with van der Waals surface area (Å²) in [5.74, 6) is 0.428. The van der Waals surface area contributed by atoms with Crippen molar-refractivity contribution >= 4 is 17.4 Å². The number of aliphatic hydroxyl groups excluding tert-OH is 1. The molecule has 3 aromatic carbocycles. The molecule has 8 heteroatoms. The maximum atomic E-state index is 13.5. The number of morpholine rings is 1. The molecule has 2 heterocycles. The summed E-state index contributed by atoms with van der Waals surface area (Å²) in [7, 11) is 0. The number of ether oxygens (including phenoxy) is 3. The van der Waals surface area contributed by atoms with Crippen molar-refractivity contribution in [1.29, 1.82) is 0 Å². The van der Waals surface area contributed by atoms with Crippen LogP contribution in [-0.2, 0) is 14.3 Å². The maximum Gasteiger partial charge on any atom is 0.295 e. The second-order valence-electron chi connectivity index (χ2n) is 10.3. The first kappa shape index (κ1) is 28.4. The van der Waals surface area contributed by atoms with E-state index in [2.05, 4.69) is 4.90 Å². The maximum absolute atomic E-state index is 13.5. The topological polar surface area (TPSA) is 88.5 Å². The Hall–Kier alpha value is -4.14. The van der Waals surface area contributed by atoms with Crippen molar-refractivity contribution in [2.45, 2.75) is 26.3 Å². The predicted octanol–water partition coefficient (Wildman–Crippen LogP) is 5.33. The standard InChI is InChI=1S/C33H36N2O6/c1-3-18-40-28-13-12-25(21-23(28)2)31(36)29-30(24-8-7-11-27(22-24)41-26-9-5-4-6-10-26)35(33(38)32(29)37)15-14-34-16-19-39-20-17-34/h4-13,21-22,30,36H,3,14-20H2,1-2H3/t30-/m0/s1. The Morgan fingerprint density at radius 1 is 0.951 bits per heavy atom. The molecule has 8 nitrogen and oxygen atoms in total. The van der Waals surface area contributed by atoms with E-state index in [1.807, 2.05) is 68.4 Å². The summed E-state index contributed by atoms with van der Waals surface area (Å²) >= 11 is 0. The van der Waals surface area contributed by atoms with Gasteiger partial charge in [0.2, 0.25) is 0 Å². The van der Waals surface area contributed by atoms with Crippen LogP contribution in [0.4, 0.5) is 0 Å². The molecule has 0 radical (unpaired) electrons. The molecule has 2 aliphatic heterocycles. The molecule has 0 saturated carbocycles. The third-order valence-corrected chi connectivity index (χ3v) is 7.36. The minimum absolute atomic E-state index is 0.0652. The largest absolute Gasteiger partial charge is 0.507 e. The SMILES string of the molecule is CCCOc1ccc(C(O)=C2C(=O)C(=O)N(CCN3CCOCC3)[C@H]2c2cccc(Oc3ccccc3)c2)cc1C. The highest BCUT2D eigenvalue weighted by atomic mass is 16.5. The van der Waals surface area contributed by atoms with Crippen LogP contribution in [0.15, 0.2) is 78.4 Å². The molecule has 1 N–H and O–H groups in total. The molecule has 0 bridgehead atoms. The number of para-hydroxylation sites is 1. The van der Waals surface area contributed by atoms with E-state index in [9.17, 15) is 14.7 Å². The van der Waals surface area contributed by atoms with Gasteiger partial charge in [0.25, 0.3) is 11.7 Å². The summed E-state index contributed by atoms with van der Waals surface area (Å²) in [5.41, 5.74) is 2.04. The van der Waals surface area contributed by atoms with Crippen molar-refractivity contribution in [2.24, 2.45) is 0 Å². The number of ketones is 1. The molecule has 3 aromatic rings. The molecule has 2 aliphatic rings. The number of hydrogen-bond acceptors (Lipinski definition) is 7. The van der Waals surface area contributed by atoms with Gasteiger partial charge < -0.3 is 24.2 Å². The zero-order valence-electron chi connectivity index (χ0n) is 23.5. The predicted molar refractivity (Wildman–Crippen MR) is 156 cm³/mol. The van der Waals surface area contributed by atoms with E-state index < -0.39 is 17.7 Å². The lowest BCUT2D eigenvalue weighted by Gasteiger charge is -2.31. The number of amides is 1. The fourth-order valence-electron chi connectivity index (χ4n) is 5.23. The number of carbonyl (C=O) groups excluding carboxylic acids is 2.